The van der Waals surface area contributed by atoms with Crippen LogP contribution >= 0.6 is 11.3 Å². The molecule has 1 N–H and O–H groups in total. The summed E-state index contributed by atoms with van der Waals surface area (Å²) in [6.45, 7) is 3.99. The Morgan fingerprint density at radius 2 is 1.61 bits per heavy atom. The molecule has 2 amide bonds. The Labute approximate surface area is 186 Å². The van der Waals surface area contributed by atoms with E-state index in [4.69, 9.17) is 4.74 Å². The first-order valence-corrected chi connectivity index (χ1v) is 11.2. The topological polar surface area (TPSA) is 61.9 Å². The van der Waals surface area contributed by atoms with Gasteiger partial charge in [-0.15, -0.1) is 0 Å². The van der Waals surface area contributed by atoms with Crippen LogP contribution in [-0.4, -0.2) is 54.3 Å². The van der Waals surface area contributed by atoms with Crippen molar-refractivity contribution in [2.45, 2.75) is 6.54 Å². The Balaban J connectivity index is 1.21. The highest BCUT2D eigenvalue weighted by Gasteiger charge is 2.21. The first kappa shape index (κ1) is 21.1. The Hall–Kier alpha value is -3.16. The summed E-state index contributed by atoms with van der Waals surface area (Å²) >= 11 is 1.70. The minimum atomic E-state index is -0.268. The molecule has 0 unspecified atom stereocenters. The van der Waals surface area contributed by atoms with E-state index in [0.717, 1.165) is 25.4 Å². The molecule has 0 radical (unpaired) electrons. The molecule has 0 bridgehead atoms. The molecule has 0 spiro atoms. The van der Waals surface area contributed by atoms with E-state index < -0.39 is 0 Å². The van der Waals surface area contributed by atoms with Gasteiger partial charge >= 0.3 is 0 Å². The second-order valence-electron chi connectivity index (χ2n) is 7.41. The third-order valence-electron chi connectivity index (χ3n) is 5.21. The van der Waals surface area contributed by atoms with Gasteiger partial charge in [0.15, 0.2) is 0 Å². The smallest absolute Gasteiger partial charge is 0.251 e. The minimum Gasteiger partial charge on any atom is -0.457 e. The maximum Gasteiger partial charge on any atom is 0.251 e. The van der Waals surface area contributed by atoms with Gasteiger partial charge in [0.2, 0.25) is 5.91 Å². The number of rotatable bonds is 7. The van der Waals surface area contributed by atoms with Gasteiger partial charge in [0.05, 0.1) is 6.54 Å². The third-order valence-corrected chi connectivity index (χ3v) is 5.94. The molecule has 6 nitrogen and oxygen atoms in total. The van der Waals surface area contributed by atoms with Crippen molar-refractivity contribution < 1.29 is 14.3 Å². The number of carbonyl (C=O) groups excluding carboxylic acids is 2. The molecular weight excluding hydrogens is 410 g/mol. The lowest BCUT2D eigenvalue weighted by Gasteiger charge is -2.34. The highest BCUT2D eigenvalue weighted by Crippen LogP contribution is 2.21. The lowest BCUT2D eigenvalue weighted by molar-refractivity contribution is -0.131. The molecule has 0 atom stereocenters. The molecule has 160 valence electrons. The van der Waals surface area contributed by atoms with Crippen LogP contribution in [-0.2, 0) is 11.3 Å². The largest absolute Gasteiger partial charge is 0.457 e. The molecule has 3 aromatic rings. The molecule has 0 saturated carbocycles. The summed E-state index contributed by atoms with van der Waals surface area (Å²) in [7, 11) is 0. The lowest BCUT2D eigenvalue weighted by Crippen LogP contribution is -2.50. The van der Waals surface area contributed by atoms with Gasteiger partial charge in [-0.25, -0.2) is 0 Å². The summed E-state index contributed by atoms with van der Waals surface area (Å²) in [5.41, 5.74) is 1.81. The number of ether oxygens (including phenoxy) is 1. The van der Waals surface area contributed by atoms with E-state index in [-0.39, 0.29) is 18.4 Å². The number of thiophene rings is 1. The maximum absolute atomic E-state index is 12.5. The Morgan fingerprint density at radius 1 is 0.903 bits per heavy atom. The van der Waals surface area contributed by atoms with E-state index in [1.807, 2.05) is 35.2 Å². The van der Waals surface area contributed by atoms with E-state index in [9.17, 15) is 9.59 Å². The van der Waals surface area contributed by atoms with Crippen molar-refractivity contribution in [2.24, 2.45) is 0 Å². The highest BCUT2D eigenvalue weighted by atomic mass is 32.1. The molecule has 0 aliphatic carbocycles. The maximum atomic E-state index is 12.5. The van der Waals surface area contributed by atoms with Crippen LogP contribution in [0.3, 0.4) is 0 Å². The van der Waals surface area contributed by atoms with E-state index in [1.165, 1.54) is 5.56 Å². The number of hydrogen-bond donors (Lipinski definition) is 1. The molecule has 2 heterocycles. The van der Waals surface area contributed by atoms with Gasteiger partial charge in [-0.1, -0.05) is 18.2 Å². The van der Waals surface area contributed by atoms with Gasteiger partial charge in [-0.05, 0) is 58.8 Å². The summed E-state index contributed by atoms with van der Waals surface area (Å²) in [4.78, 5) is 29.1. The fraction of sp³-hybridized carbons (Fsp3) is 0.250. The quantitative estimate of drug-likeness (QED) is 0.616. The summed E-state index contributed by atoms with van der Waals surface area (Å²) in [5, 5.41) is 6.97. The first-order valence-electron chi connectivity index (χ1n) is 10.3. The number of nitrogens with zero attached hydrogens (tertiary/aromatic N) is 2. The van der Waals surface area contributed by atoms with Crippen LogP contribution in [0.15, 0.2) is 71.4 Å². The Kier molecular flexibility index (Phi) is 6.96. The normalized spacial score (nSPS) is 14.3. The molecule has 31 heavy (non-hydrogen) atoms. The van der Waals surface area contributed by atoms with Crippen molar-refractivity contribution in [3.63, 3.8) is 0 Å². The number of hydrogen-bond acceptors (Lipinski definition) is 5. The average molecular weight is 436 g/mol. The van der Waals surface area contributed by atoms with Crippen molar-refractivity contribution in [3.8, 4) is 11.5 Å². The van der Waals surface area contributed by atoms with Gasteiger partial charge in [-0.2, -0.15) is 11.3 Å². The molecule has 4 rings (SSSR count). The number of amides is 2. The van der Waals surface area contributed by atoms with E-state index in [1.54, 1.807) is 35.6 Å². The van der Waals surface area contributed by atoms with Crippen molar-refractivity contribution in [3.05, 3.63) is 82.6 Å². The number of nitrogens with one attached hydrogen (secondary N) is 1. The summed E-state index contributed by atoms with van der Waals surface area (Å²) in [6.07, 6.45) is 0. The van der Waals surface area contributed by atoms with Crippen LogP contribution < -0.4 is 10.1 Å². The molecular formula is C24H25N3O3S. The minimum absolute atomic E-state index is 0.00559. The van der Waals surface area contributed by atoms with Gasteiger partial charge < -0.3 is 15.0 Å². The zero-order valence-electron chi connectivity index (χ0n) is 17.2. The van der Waals surface area contributed by atoms with Crippen LogP contribution in [0, 0.1) is 0 Å². The molecule has 1 aromatic heterocycles. The van der Waals surface area contributed by atoms with Crippen molar-refractivity contribution in [2.75, 3.05) is 32.7 Å². The Bertz CT molecular complexity index is 983. The number of carbonyl (C=O) groups is 2. The fourth-order valence-electron chi connectivity index (χ4n) is 3.46. The highest BCUT2D eigenvalue weighted by molar-refractivity contribution is 7.07. The van der Waals surface area contributed by atoms with E-state index in [2.05, 4.69) is 27.0 Å². The van der Waals surface area contributed by atoms with Crippen LogP contribution in [0.2, 0.25) is 0 Å². The van der Waals surface area contributed by atoms with Crippen molar-refractivity contribution in [1.82, 2.24) is 15.1 Å². The molecule has 7 heteroatoms. The van der Waals surface area contributed by atoms with Crippen LogP contribution in [0.5, 0.6) is 11.5 Å². The third kappa shape index (κ3) is 5.93. The monoisotopic (exact) mass is 435 g/mol. The SMILES string of the molecule is O=C(NCC(=O)N1CCN(Cc2ccsc2)CC1)c1ccc(Oc2ccccc2)cc1. The molecule has 1 aliphatic rings. The summed E-state index contributed by atoms with van der Waals surface area (Å²) in [5.74, 6) is 1.07. The van der Waals surface area contributed by atoms with Crippen LogP contribution in [0.1, 0.15) is 15.9 Å². The molecule has 1 aliphatic heterocycles. The van der Waals surface area contributed by atoms with E-state index in [0.29, 0.717) is 24.4 Å². The molecule has 1 fully saturated rings. The van der Waals surface area contributed by atoms with Crippen molar-refractivity contribution >= 4 is 23.2 Å². The predicted octanol–water partition coefficient (Wildman–Crippen LogP) is 3.61. The number of benzene rings is 2. The predicted molar refractivity (Wildman–Crippen MR) is 121 cm³/mol. The van der Waals surface area contributed by atoms with E-state index >= 15 is 0 Å². The van der Waals surface area contributed by atoms with Gasteiger partial charge in [0.1, 0.15) is 11.5 Å². The standard InChI is InChI=1S/C24H25N3O3S/c28-23(27-13-11-26(12-14-27)17-19-10-15-31-18-19)16-25-24(29)20-6-8-22(9-7-20)30-21-4-2-1-3-5-21/h1-10,15,18H,11-14,16-17H2,(H,25,29). The van der Waals surface area contributed by atoms with Crippen LogP contribution in [0.25, 0.3) is 0 Å². The summed E-state index contributed by atoms with van der Waals surface area (Å²) < 4.78 is 5.74. The Morgan fingerprint density at radius 3 is 2.29 bits per heavy atom. The molecule has 1 saturated heterocycles. The second kappa shape index (κ2) is 10.2. The molecule has 2 aromatic carbocycles. The van der Waals surface area contributed by atoms with Gasteiger partial charge in [-0.3, -0.25) is 14.5 Å². The first-order chi connectivity index (χ1) is 15.2. The zero-order valence-corrected chi connectivity index (χ0v) is 18.0. The fourth-order valence-corrected chi connectivity index (χ4v) is 4.12. The second-order valence-corrected chi connectivity index (χ2v) is 8.19. The summed E-state index contributed by atoms with van der Waals surface area (Å²) in [6, 6.07) is 18.5. The zero-order chi connectivity index (χ0) is 21.5. The lowest BCUT2D eigenvalue weighted by atomic mass is 10.2. The number of para-hydroxylation sites is 1. The van der Waals surface area contributed by atoms with Crippen LogP contribution in [0.4, 0.5) is 0 Å². The van der Waals surface area contributed by atoms with Gasteiger partial charge in [0, 0.05) is 38.3 Å². The average Bonchev–Trinajstić information content (AvgIpc) is 3.32. The van der Waals surface area contributed by atoms with Crippen molar-refractivity contribution in [1.29, 1.82) is 0 Å². The number of piperazine rings is 1. The van der Waals surface area contributed by atoms with Gasteiger partial charge in [0.25, 0.3) is 5.91 Å².